The molecule has 0 radical (unpaired) electrons. The second-order valence-corrected chi connectivity index (χ2v) is 3.88. The van der Waals surface area contributed by atoms with Gasteiger partial charge in [0.15, 0.2) is 0 Å². The van der Waals surface area contributed by atoms with Crippen molar-refractivity contribution in [3.63, 3.8) is 0 Å². The molecule has 62 valence electrons. The first kappa shape index (κ1) is 17.9. The average molecular weight is 206 g/mol. The molecule has 0 amide bonds. The van der Waals surface area contributed by atoms with Gasteiger partial charge in [0.25, 0.3) is 0 Å². The van der Waals surface area contributed by atoms with Gasteiger partial charge >= 0.3 is 29.6 Å². The van der Waals surface area contributed by atoms with E-state index in [4.69, 9.17) is 0 Å². The van der Waals surface area contributed by atoms with Gasteiger partial charge in [-0.05, 0) is 6.42 Å². The Morgan fingerprint density at radius 2 is 1.82 bits per heavy atom. The molecule has 0 aromatic heterocycles. The van der Waals surface area contributed by atoms with Crippen LogP contribution in [0.5, 0.6) is 0 Å². The van der Waals surface area contributed by atoms with E-state index in [9.17, 15) is 13.0 Å². The van der Waals surface area contributed by atoms with Gasteiger partial charge in [-0.3, -0.25) is 0 Å². The molecule has 0 aliphatic rings. The molecule has 6 heteroatoms. The first-order chi connectivity index (χ1) is 4.48. The Morgan fingerprint density at radius 1 is 1.55 bits per heavy atom. The fourth-order valence-corrected chi connectivity index (χ4v) is 0.612. The summed E-state index contributed by atoms with van der Waals surface area (Å²) < 4.78 is 28.8. The van der Waals surface area contributed by atoms with E-state index in [0.29, 0.717) is 0 Å². The van der Waals surface area contributed by atoms with E-state index in [2.05, 4.69) is 25.8 Å². The molecule has 0 aromatic rings. The molecule has 0 bridgehead atoms. The maximum atomic E-state index is 9.93. The van der Waals surface area contributed by atoms with Crippen LogP contribution in [0.25, 0.3) is 0 Å². The van der Waals surface area contributed by atoms with Crippen molar-refractivity contribution >= 4 is 22.7 Å². The Hall–Kier alpha value is 1.000. The third kappa shape index (κ3) is 11.0. The maximum absolute atomic E-state index is 9.93. The smallest absolute Gasteiger partial charge is 0.747 e. The standard InChI is InChI=1S/C3H8O3S2.C2H4.Na/c1-2-3(7)8(4,5)6;1-2;/h3,7H,2H2,1H3,(H,4,5,6);1-2H2;/q;;+1/p-1. The summed E-state index contributed by atoms with van der Waals surface area (Å²) in [6.45, 7) is 7.59. The van der Waals surface area contributed by atoms with Gasteiger partial charge in [0.2, 0.25) is 0 Å². The molecule has 0 rings (SSSR count). The van der Waals surface area contributed by atoms with Crippen molar-refractivity contribution in [1.29, 1.82) is 0 Å². The van der Waals surface area contributed by atoms with Crippen molar-refractivity contribution in [3.05, 3.63) is 13.2 Å². The van der Waals surface area contributed by atoms with Gasteiger partial charge in [0, 0.05) is 0 Å². The van der Waals surface area contributed by atoms with Crippen molar-refractivity contribution in [2.75, 3.05) is 0 Å². The van der Waals surface area contributed by atoms with Crippen LogP contribution in [0.1, 0.15) is 13.3 Å². The van der Waals surface area contributed by atoms with Crippen LogP contribution in [0, 0.1) is 0 Å². The Bertz CT molecular complexity index is 167. The van der Waals surface area contributed by atoms with Crippen LogP contribution in [0.15, 0.2) is 13.2 Å². The zero-order valence-corrected chi connectivity index (χ0v) is 10.5. The predicted molar refractivity (Wildman–Crippen MR) is 44.0 cm³/mol. The van der Waals surface area contributed by atoms with Crippen LogP contribution in [-0.4, -0.2) is 17.6 Å². The minimum Gasteiger partial charge on any atom is -0.747 e. The minimum absolute atomic E-state index is 0. The summed E-state index contributed by atoms with van der Waals surface area (Å²) in [6.07, 6.45) is 0.259. The molecule has 0 saturated carbocycles. The molecule has 3 nitrogen and oxygen atoms in total. The predicted octanol–water partition coefficient (Wildman–Crippen LogP) is -2.00. The molecule has 1 atom stereocenters. The Kier molecular flexibility index (Phi) is 14.8. The van der Waals surface area contributed by atoms with E-state index in [-0.39, 0.29) is 36.0 Å². The summed E-state index contributed by atoms with van der Waals surface area (Å²) in [5.41, 5.74) is 0. The molecule has 0 heterocycles. The van der Waals surface area contributed by atoms with Gasteiger partial charge < -0.3 is 4.55 Å². The third-order valence-corrected chi connectivity index (χ3v) is 2.82. The van der Waals surface area contributed by atoms with Gasteiger partial charge in [-0.2, -0.15) is 12.6 Å². The Morgan fingerprint density at radius 3 is 1.82 bits per heavy atom. The molecular weight excluding hydrogens is 195 g/mol. The molecule has 1 unspecified atom stereocenters. The van der Waals surface area contributed by atoms with Crippen LogP contribution < -0.4 is 29.6 Å². The summed E-state index contributed by atoms with van der Waals surface area (Å²) in [6, 6.07) is 0. The molecule has 0 fully saturated rings. The van der Waals surface area contributed by atoms with Crippen LogP contribution in [0.2, 0.25) is 0 Å². The van der Waals surface area contributed by atoms with E-state index in [1.54, 1.807) is 6.92 Å². The van der Waals surface area contributed by atoms with Crippen LogP contribution in [0.4, 0.5) is 0 Å². The van der Waals surface area contributed by atoms with Crippen molar-refractivity contribution in [1.82, 2.24) is 0 Å². The van der Waals surface area contributed by atoms with E-state index in [1.165, 1.54) is 0 Å². The largest absolute Gasteiger partial charge is 1.00 e. The van der Waals surface area contributed by atoms with Gasteiger partial charge in [0.1, 0.15) is 10.1 Å². The van der Waals surface area contributed by atoms with Gasteiger partial charge in [0.05, 0.1) is 4.58 Å². The van der Waals surface area contributed by atoms with Gasteiger partial charge in [-0.15, -0.1) is 13.2 Å². The first-order valence-corrected chi connectivity index (χ1v) is 4.60. The maximum Gasteiger partial charge on any atom is 1.00 e. The molecule has 0 aliphatic heterocycles. The summed E-state index contributed by atoms with van der Waals surface area (Å²) in [4.78, 5) is 0. The molecular formula is C5H11NaO3S2. The Labute approximate surface area is 95.7 Å². The molecule has 0 aromatic carbocycles. The SMILES string of the molecule is C=C.CCC(S)S(=O)(=O)[O-].[Na+]. The molecule has 0 N–H and O–H groups in total. The number of hydrogen-bond donors (Lipinski definition) is 1. The number of rotatable bonds is 2. The fraction of sp³-hybridized carbons (Fsp3) is 0.600. The molecule has 0 saturated heterocycles. The summed E-state index contributed by atoms with van der Waals surface area (Å²) in [5, 5.41) is 0. The van der Waals surface area contributed by atoms with Crippen LogP contribution >= 0.6 is 12.6 Å². The van der Waals surface area contributed by atoms with E-state index in [1.807, 2.05) is 0 Å². The third-order valence-electron chi connectivity index (χ3n) is 0.682. The summed E-state index contributed by atoms with van der Waals surface area (Å²) >= 11 is 3.51. The second kappa shape index (κ2) is 9.09. The second-order valence-electron chi connectivity index (χ2n) is 1.36. The van der Waals surface area contributed by atoms with E-state index < -0.39 is 14.7 Å². The monoisotopic (exact) mass is 206 g/mol. The first-order valence-electron chi connectivity index (χ1n) is 2.61. The average Bonchev–Trinajstić information content (AvgIpc) is 1.89. The van der Waals surface area contributed by atoms with E-state index in [0.717, 1.165) is 0 Å². The minimum atomic E-state index is -4.14. The van der Waals surface area contributed by atoms with Crippen molar-refractivity contribution in [3.8, 4) is 0 Å². The zero-order chi connectivity index (χ0) is 8.78. The quantitative estimate of drug-likeness (QED) is 0.246. The number of thiol groups is 1. The van der Waals surface area contributed by atoms with Gasteiger partial charge in [-0.1, -0.05) is 6.92 Å². The summed E-state index contributed by atoms with van der Waals surface area (Å²) in [7, 11) is -4.14. The van der Waals surface area contributed by atoms with Crippen molar-refractivity contribution in [2.45, 2.75) is 17.9 Å². The van der Waals surface area contributed by atoms with Crippen molar-refractivity contribution < 1.29 is 42.5 Å². The fourth-order valence-electron chi connectivity index (χ4n) is 0.204. The van der Waals surface area contributed by atoms with Crippen molar-refractivity contribution in [2.24, 2.45) is 0 Å². The zero-order valence-electron chi connectivity index (χ0n) is 6.78. The van der Waals surface area contributed by atoms with E-state index >= 15 is 0 Å². The van der Waals surface area contributed by atoms with Gasteiger partial charge in [-0.25, -0.2) is 8.42 Å². The normalized spacial score (nSPS) is 11.9. The van der Waals surface area contributed by atoms with Crippen LogP contribution in [0.3, 0.4) is 0 Å². The summed E-state index contributed by atoms with van der Waals surface area (Å²) in [5.74, 6) is 0. The molecule has 0 aliphatic carbocycles. The van der Waals surface area contributed by atoms with Crippen LogP contribution in [-0.2, 0) is 10.1 Å². The Balaban J connectivity index is -0.000000196. The number of hydrogen-bond acceptors (Lipinski definition) is 4. The molecule has 0 spiro atoms. The molecule has 11 heavy (non-hydrogen) atoms. The topological polar surface area (TPSA) is 57.2 Å².